The van der Waals surface area contributed by atoms with Gasteiger partial charge in [0, 0.05) is 0 Å². The van der Waals surface area contributed by atoms with Crippen molar-refractivity contribution in [3.63, 3.8) is 0 Å². The zero-order chi connectivity index (χ0) is 9.46. The molecule has 0 amide bonds. The fourth-order valence-corrected chi connectivity index (χ4v) is 1.35. The van der Waals surface area contributed by atoms with Crippen molar-refractivity contribution in [1.29, 1.82) is 0 Å². The van der Waals surface area contributed by atoms with Crippen molar-refractivity contribution in [3.8, 4) is 0 Å². The van der Waals surface area contributed by atoms with Crippen molar-refractivity contribution in [2.24, 2.45) is 0 Å². The summed E-state index contributed by atoms with van der Waals surface area (Å²) in [5, 5.41) is 0. The maximum absolute atomic E-state index is 12.4. The number of hydrogen-bond acceptors (Lipinski definition) is 0. The predicted octanol–water partition coefficient (Wildman–Crippen LogP) is 1.18. The van der Waals surface area contributed by atoms with Crippen molar-refractivity contribution < 1.29 is 22.0 Å². The Morgan fingerprint density at radius 1 is 0.583 bits per heavy atom. The maximum atomic E-state index is 12.4. The van der Waals surface area contributed by atoms with Gasteiger partial charge in [0.2, 0.25) is 0 Å². The molecule has 0 N–H and O–H groups in total. The Morgan fingerprint density at radius 3 is 1.17 bits per heavy atom. The van der Waals surface area contributed by atoms with E-state index in [1.54, 1.807) is 0 Å². The Hall–Kier alpha value is -0.260. The normalized spacial score (nSPS) is 10.4. The summed E-state index contributed by atoms with van der Waals surface area (Å²) in [7, 11) is 0. The van der Waals surface area contributed by atoms with Gasteiger partial charge in [0.25, 0.3) is 0 Å². The predicted molar refractivity (Wildman–Crippen MR) is 31.6 cm³/mol. The molecule has 0 unspecified atom stereocenters. The zero-order valence-corrected chi connectivity index (χ0v) is 8.76. The molecule has 0 aliphatic carbocycles. The third-order valence-electron chi connectivity index (χ3n) is 1.24. The van der Waals surface area contributed by atoms with E-state index in [1.165, 1.54) is 0 Å². The van der Waals surface area contributed by atoms with Crippen LogP contribution in [-0.2, 0) is 0 Å². The molecule has 0 heterocycles. The number of benzene rings is 1. The molecule has 6 heteroatoms. The van der Waals surface area contributed by atoms with E-state index in [0.29, 0.717) is 0 Å². The van der Waals surface area contributed by atoms with Crippen LogP contribution in [0.15, 0.2) is 0 Å². The van der Waals surface area contributed by atoms with Crippen LogP contribution in [0, 0.1) is 29.1 Å². The van der Waals surface area contributed by atoms with E-state index in [-0.39, 0.29) is 24.4 Å². The molecule has 0 nitrogen and oxygen atoms in total. The monoisotopic (exact) mass is 282 g/mol. The van der Waals surface area contributed by atoms with Gasteiger partial charge in [0.05, 0.1) is 0 Å². The van der Waals surface area contributed by atoms with E-state index in [1.807, 2.05) is 0 Å². The molecule has 0 spiro atoms. The van der Waals surface area contributed by atoms with Gasteiger partial charge in [-0.1, -0.05) is 0 Å². The van der Waals surface area contributed by atoms with Crippen molar-refractivity contribution in [3.05, 3.63) is 29.1 Å². The minimum atomic E-state index is -2.11. The first kappa shape index (κ1) is 9.83. The van der Waals surface area contributed by atoms with E-state index in [4.69, 9.17) is 0 Å². The third kappa shape index (κ3) is 1.32. The number of halogens is 5. The van der Waals surface area contributed by atoms with Crippen molar-refractivity contribution in [2.75, 3.05) is 0 Å². The molecule has 1 rings (SSSR count). The molecule has 0 aliphatic rings. The molecule has 1 aromatic rings. The van der Waals surface area contributed by atoms with Crippen LogP contribution in [0.1, 0.15) is 0 Å². The van der Waals surface area contributed by atoms with Crippen LogP contribution in [0.3, 0.4) is 0 Å². The van der Waals surface area contributed by atoms with Gasteiger partial charge in [-0.3, -0.25) is 0 Å². The Morgan fingerprint density at radius 2 is 0.833 bits per heavy atom. The first-order chi connectivity index (χ1) is 5.46. The van der Waals surface area contributed by atoms with E-state index in [0.717, 1.165) is 0 Å². The molecule has 0 fully saturated rings. The van der Waals surface area contributed by atoms with E-state index in [9.17, 15) is 22.0 Å². The van der Waals surface area contributed by atoms with Gasteiger partial charge in [-0.05, 0) is 0 Å². The van der Waals surface area contributed by atoms with Gasteiger partial charge >= 0.3 is 78.7 Å². The Kier molecular flexibility index (Phi) is 2.65. The Labute approximate surface area is 79.0 Å². The topological polar surface area (TPSA) is 0 Å². The molecule has 0 saturated heterocycles. The first-order valence-electron chi connectivity index (χ1n) is 2.73. The van der Waals surface area contributed by atoms with Gasteiger partial charge in [-0.25, -0.2) is 0 Å². The second-order valence-corrected chi connectivity index (χ2v) is 3.63. The summed E-state index contributed by atoms with van der Waals surface area (Å²) in [6, 6.07) is 0. The first-order valence-corrected chi connectivity index (χ1v) is 4.38. The van der Waals surface area contributed by atoms with Crippen LogP contribution in [-0.4, -0.2) is 24.4 Å². The Balaban J connectivity index is 3.60. The third-order valence-corrected chi connectivity index (χ3v) is 2.69. The molecule has 1 aromatic carbocycles. The molecular weight excluding hydrogens is 282 g/mol. The molecular formula is C6F5In. The molecule has 12 heavy (non-hydrogen) atoms. The molecule has 62 valence electrons. The second-order valence-electron chi connectivity index (χ2n) is 1.98. The van der Waals surface area contributed by atoms with Gasteiger partial charge in [0.15, 0.2) is 0 Å². The van der Waals surface area contributed by atoms with Crippen molar-refractivity contribution in [2.45, 2.75) is 0 Å². The standard InChI is InChI=1S/C6F5.In/c7-2-1-3(8)5(10)6(11)4(2)9;. The van der Waals surface area contributed by atoms with Gasteiger partial charge < -0.3 is 0 Å². The summed E-state index contributed by atoms with van der Waals surface area (Å²) >= 11 is -0.157. The van der Waals surface area contributed by atoms with Crippen LogP contribution < -0.4 is 3.32 Å². The summed E-state index contributed by atoms with van der Waals surface area (Å²) in [6.45, 7) is 0. The van der Waals surface area contributed by atoms with Crippen molar-refractivity contribution in [1.82, 2.24) is 0 Å². The van der Waals surface area contributed by atoms with Gasteiger partial charge in [0.1, 0.15) is 0 Å². The molecule has 2 radical (unpaired) electrons. The zero-order valence-electron chi connectivity index (χ0n) is 5.47. The summed E-state index contributed by atoms with van der Waals surface area (Å²) in [5.41, 5.74) is 0. The number of hydrogen-bond donors (Lipinski definition) is 0. The summed E-state index contributed by atoms with van der Waals surface area (Å²) < 4.78 is 61.0. The molecule has 0 atom stereocenters. The quantitative estimate of drug-likeness (QED) is 0.381. The van der Waals surface area contributed by atoms with Crippen LogP contribution in [0.2, 0.25) is 0 Å². The Bertz CT molecular complexity index is 230. The van der Waals surface area contributed by atoms with E-state index in [2.05, 4.69) is 0 Å². The summed E-state index contributed by atoms with van der Waals surface area (Å²) in [5.74, 6) is -9.32. The minimum absolute atomic E-state index is 0.157. The summed E-state index contributed by atoms with van der Waals surface area (Å²) in [6.07, 6.45) is 0. The number of rotatable bonds is 0. The second kappa shape index (κ2) is 3.24. The van der Waals surface area contributed by atoms with Gasteiger partial charge in [-0.15, -0.1) is 0 Å². The van der Waals surface area contributed by atoms with Gasteiger partial charge in [-0.2, -0.15) is 0 Å². The van der Waals surface area contributed by atoms with E-state index < -0.39 is 32.4 Å². The van der Waals surface area contributed by atoms with Crippen LogP contribution in [0.4, 0.5) is 22.0 Å². The van der Waals surface area contributed by atoms with E-state index >= 15 is 0 Å². The average molecular weight is 282 g/mol. The van der Waals surface area contributed by atoms with Crippen molar-refractivity contribution >= 4 is 27.7 Å². The fraction of sp³-hybridized carbons (Fsp3) is 0. The van der Waals surface area contributed by atoms with Crippen LogP contribution in [0.5, 0.6) is 0 Å². The van der Waals surface area contributed by atoms with Crippen LogP contribution in [0.25, 0.3) is 0 Å². The summed E-state index contributed by atoms with van der Waals surface area (Å²) in [4.78, 5) is 0. The SMILES string of the molecule is Fc1c(F)c(F)[c]([In])c(F)c1F. The fourth-order valence-electron chi connectivity index (χ4n) is 0.622. The molecule has 0 aliphatic heterocycles. The molecule has 0 aromatic heterocycles. The van der Waals surface area contributed by atoms with Crippen LogP contribution >= 0.6 is 0 Å². The average Bonchev–Trinajstić information content (AvgIpc) is 2.08. The molecule has 0 saturated carbocycles. The molecule has 0 bridgehead atoms.